The van der Waals surface area contributed by atoms with Crippen LogP contribution < -0.4 is 11.0 Å². The second-order valence-electron chi connectivity index (χ2n) is 2.68. The summed E-state index contributed by atoms with van der Waals surface area (Å²) in [5, 5.41) is 0. The Balaban J connectivity index is 2.47. The lowest BCUT2D eigenvalue weighted by molar-refractivity contribution is -0.123. The number of rotatable bonds is 3. The summed E-state index contributed by atoms with van der Waals surface area (Å²) >= 11 is 0. The number of hydrogen-bond acceptors (Lipinski definition) is 4. The number of hydrazine groups is 1. The Morgan fingerprint density at radius 3 is 2.40 bits per heavy atom. The van der Waals surface area contributed by atoms with Crippen LogP contribution in [0.3, 0.4) is 0 Å². The second-order valence-corrected chi connectivity index (χ2v) is 2.68. The van der Waals surface area contributed by atoms with Gasteiger partial charge in [-0.05, 0) is 24.3 Å². The molecule has 0 saturated carbocycles. The van der Waals surface area contributed by atoms with Gasteiger partial charge in [-0.15, -0.1) is 0 Å². The quantitative estimate of drug-likeness (QED) is 0.717. The SMILES string of the molecule is CC(=O)NNOC(=O)c1ccc(F)cc1. The van der Waals surface area contributed by atoms with Crippen molar-refractivity contribution in [2.24, 2.45) is 0 Å². The highest BCUT2D eigenvalue weighted by molar-refractivity contribution is 5.89. The van der Waals surface area contributed by atoms with Crippen molar-refractivity contribution in [1.82, 2.24) is 11.0 Å². The Labute approximate surface area is 85.2 Å². The van der Waals surface area contributed by atoms with E-state index < -0.39 is 17.7 Å². The van der Waals surface area contributed by atoms with E-state index in [0.29, 0.717) is 0 Å². The molecule has 1 rings (SSSR count). The molecule has 5 nitrogen and oxygen atoms in total. The molecule has 0 atom stereocenters. The number of hydrogen-bond donors (Lipinski definition) is 2. The van der Waals surface area contributed by atoms with E-state index in [4.69, 9.17) is 0 Å². The zero-order valence-corrected chi connectivity index (χ0v) is 7.91. The van der Waals surface area contributed by atoms with Crippen LogP contribution in [0.4, 0.5) is 4.39 Å². The number of carbonyl (C=O) groups is 2. The van der Waals surface area contributed by atoms with Crippen molar-refractivity contribution >= 4 is 11.9 Å². The Hall–Kier alpha value is -1.95. The van der Waals surface area contributed by atoms with Crippen molar-refractivity contribution in [3.05, 3.63) is 35.6 Å². The van der Waals surface area contributed by atoms with E-state index in [1.54, 1.807) is 0 Å². The number of benzene rings is 1. The Bertz CT molecular complexity index is 364. The van der Waals surface area contributed by atoms with Gasteiger partial charge < -0.3 is 4.84 Å². The van der Waals surface area contributed by atoms with Crippen LogP contribution in [0.15, 0.2) is 24.3 Å². The van der Waals surface area contributed by atoms with Gasteiger partial charge in [0.1, 0.15) is 5.82 Å². The second kappa shape index (κ2) is 5.06. The van der Waals surface area contributed by atoms with Gasteiger partial charge in [-0.2, -0.15) is 0 Å². The number of nitrogens with one attached hydrogen (secondary N) is 2. The first-order valence-electron chi connectivity index (χ1n) is 4.08. The Morgan fingerprint density at radius 1 is 1.27 bits per heavy atom. The third-order valence-electron chi connectivity index (χ3n) is 1.45. The van der Waals surface area contributed by atoms with Crippen LogP contribution in [0.25, 0.3) is 0 Å². The molecule has 0 spiro atoms. The minimum absolute atomic E-state index is 0.175. The molecule has 0 aliphatic heterocycles. The largest absolute Gasteiger partial charge is 0.358 e. The summed E-state index contributed by atoms with van der Waals surface area (Å²) in [5.74, 6) is -1.56. The predicted molar refractivity (Wildman–Crippen MR) is 48.8 cm³/mol. The summed E-state index contributed by atoms with van der Waals surface area (Å²) in [6.45, 7) is 1.25. The van der Waals surface area contributed by atoms with E-state index in [0.717, 1.165) is 12.1 Å². The summed E-state index contributed by atoms with van der Waals surface area (Å²) < 4.78 is 12.5. The fourth-order valence-electron chi connectivity index (χ4n) is 0.789. The van der Waals surface area contributed by atoms with Crippen LogP contribution in [-0.2, 0) is 9.63 Å². The fourth-order valence-corrected chi connectivity index (χ4v) is 0.789. The van der Waals surface area contributed by atoms with Crippen molar-refractivity contribution in [3.8, 4) is 0 Å². The highest BCUT2D eigenvalue weighted by Crippen LogP contribution is 2.03. The molecule has 1 aromatic carbocycles. The first-order valence-corrected chi connectivity index (χ1v) is 4.08. The maximum absolute atomic E-state index is 12.5. The van der Waals surface area contributed by atoms with E-state index in [1.807, 2.05) is 5.59 Å². The normalized spacial score (nSPS) is 9.47. The maximum atomic E-state index is 12.5. The lowest BCUT2D eigenvalue weighted by Gasteiger charge is -2.04. The highest BCUT2D eigenvalue weighted by atomic mass is 19.1. The van der Waals surface area contributed by atoms with E-state index in [1.165, 1.54) is 19.1 Å². The predicted octanol–water partition coefficient (Wildman–Crippen LogP) is 0.538. The van der Waals surface area contributed by atoms with Gasteiger partial charge in [-0.1, -0.05) is 5.59 Å². The minimum Gasteiger partial charge on any atom is -0.346 e. The molecule has 0 unspecified atom stereocenters. The molecule has 0 aromatic heterocycles. The molecular weight excluding hydrogens is 203 g/mol. The van der Waals surface area contributed by atoms with Crippen LogP contribution in [-0.4, -0.2) is 11.9 Å². The molecule has 0 heterocycles. The lowest BCUT2D eigenvalue weighted by atomic mass is 10.2. The van der Waals surface area contributed by atoms with Crippen molar-refractivity contribution in [3.63, 3.8) is 0 Å². The molecule has 0 radical (unpaired) electrons. The van der Waals surface area contributed by atoms with Gasteiger partial charge in [0, 0.05) is 6.92 Å². The minimum atomic E-state index is -0.719. The summed E-state index contributed by atoms with van der Waals surface area (Å²) in [4.78, 5) is 26.0. The standard InChI is InChI=1S/C9H9FN2O3/c1-6(13)11-12-15-9(14)7-2-4-8(10)5-3-7/h2-5,12H,1H3,(H,11,13). The smallest absolute Gasteiger partial charge is 0.346 e. The summed E-state index contributed by atoms with van der Waals surface area (Å²) in [7, 11) is 0. The number of carbonyl (C=O) groups excluding carboxylic acids is 2. The van der Waals surface area contributed by atoms with E-state index in [9.17, 15) is 14.0 Å². The van der Waals surface area contributed by atoms with Crippen LogP contribution in [0.1, 0.15) is 17.3 Å². The van der Waals surface area contributed by atoms with Gasteiger partial charge in [-0.25, -0.2) is 9.18 Å². The van der Waals surface area contributed by atoms with E-state index >= 15 is 0 Å². The van der Waals surface area contributed by atoms with E-state index in [2.05, 4.69) is 10.3 Å². The zero-order chi connectivity index (χ0) is 11.3. The molecule has 0 fully saturated rings. The van der Waals surface area contributed by atoms with Crippen molar-refractivity contribution < 1.29 is 18.8 Å². The van der Waals surface area contributed by atoms with Crippen LogP contribution in [0, 0.1) is 5.82 Å². The summed E-state index contributed by atoms with van der Waals surface area (Å²) in [5.41, 5.74) is 4.18. The molecule has 0 saturated heterocycles. The highest BCUT2D eigenvalue weighted by Gasteiger charge is 2.06. The number of amides is 1. The molecule has 0 bridgehead atoms. The fraction of sp³-hybridized carbons (Fsp3) is 0.111. The van der Waals surface area contributed by atoms with Gasteiger partial charge in [-0.3, -0.25) is 10.2 Å². The van der Waals surface area contributed by atoms with Crippen molar-refractivity contribution in [2.75, 3.05) is 0 Å². The van der Waals surface area contributed by atoms with Gasteiger partial charge >= 0.3 is 5.97 Å². The Kier molecular flexibility index (Phi) is 3.75. The molecule has 80 valence electrons. The molecule has 1 aromatic rings. The molecular formula is C9H9FN2O3. The molecule has 15 heavy (non-hydrogen) atoms. The average molecular weight is 212 g/mol. The molecule has 0 aliphatic carbocycles. The van der Waals surface area contributed by atoms with E-state index in [-0.39, 0.29) is 5.56 Å². The van der Waals surface area contributed by atoms with Crippen LogP contribution in [0.5, 0.6) is 0 Å². The molecule has 6 heteroatoms. The summed E-state index contributed by atoms with van der Waals surface area (Å²) in [6, 6.07) is 4.81. The maximum Gasteiger partial charge on any atom is 0.358 e. The summed E-state index contributed by atoms with van der Waals surface area (Å²) in [6.07, 6.45) is 0. The van der Waals surface area contributed by atoms with Gasteiger partial charge in [0.2, 0.25) is 5.91 Å². The zero-order valence-electron chi connectivity index (χ0n) is 7.91. The first-order chi connectivity index (χ1) is 7.09. The van der Waals surface area contributed by atoms with Crippen LogP contribution in [0.2, 0.25) is 0 Å². The molecule has 2 N–H and O–H groups in total. The van der Waals surface area contributed by atoms with Crippen molar-refractivity contribution in [2.45, 2.75) is 6.92 Å². The topological polar surface area (TPSA) is 67.4 Å². The average Bonchev–Trinajstić information content (AvgIpc) is 2.18. The van der Waals surface area contributed by atoms with Gasteiger partial charge in [0.15, 0.2) is 0 Å². The van der Waals surface area contributed by atoms with Crippen molar-refractivity contribution in [1.29, 1.82) is 0 Å². The first kappa shape index (κ1) is 11.1. The monoisotopic (exact) mass is 212 g/mol. The molecule has 1 amide bonds. The lowest BCUT2D eigenvalue weighted by Crippen LogP contribution is -2.37. The van der Waals surface area contributed by atoms with Gasteiger partial charge in [0.25, 0.3) is 0 Å². The number of halogens is 1. The third kappa shape index (κ3) is 3.74. The third-order valence-corrected chi connectivity index (χ3v) is 1.45. The molecule has 0 aliphatic rings. The van der Waals surface area contributed by atoms with Crippen LogP contribution >= 0.6 is 0 Å². The van der Waals surface area contributed by atoms with Gasteiger partial charge in [0.05, 0.1) is 5.56 Å². The Morgan fingerprint density at radius 2 is 1.87 bits per heavy atom.